The second kappa shape index (κ2) is 10.1. The van der Waals surface area contributed by atoms with Gasteiger partial charge in [-0.25, -0.2) is 0 Å². The van der Waals surface area contributed by atoms with E-state index in [0.29, 0.717) is 25.9 Å². The average Bonchev–Trinajstić information content (AvgIpc) is 2.65. The summed E-state index contributed by atoms with van der Waals surface area (Å²) in [4.78, 5) is 27.1. The molecule has 1 atom stereocenters. The van der Waals surface area contributed by atoms with E-state index in [1.807, 2.05) is 68.4 Å². The first-order valence-corrected chi connectivity index (χ1v) is 9.70. The van der Waals surface area contributed by atoms with Gasteiger partial charge in [0, 0.05) is 30.4 Å². The van der Waals surface area contributed by atoms with E-state index in [1.54, 1.807) is 4.90 Å². The fourth-order valence-electron chi connectivity index (χ4n) is 2.88. The highest BCUT2D eigenvalue weighted by Crippen LogP contribution is 2.18. The molecule has 0 saturated heterocycles. The van der Waals surface area contributed by atoms with Gasteiger partial charge in [0.15, 0.2) is 0 Å². The minimum atomic E-state index is -0.538. The number of carbonyl (C=O) groups excluding carboxylic acids is 2. The van der Waals surface area contributed by atoms with Crippen molar-refractivity contribution >= 4 is 27.7 Å². The lowest BCUT2D eigenvalue weighted by molar-refractivity contribution is -0.141. The van der Waals surface area contributed by atoms with Crippen molar-refractivity contribution in [2.75, 3.05) is 6.54 Å². The molecule has 26 heavy (non-hydrogen) atoms. The van der Waals surface area contributed by atoms with Gasteiger partial charge in [0.2, 0.25) is 11.8 Å². The number of nitrogens with one attached hydrogen (secondary N) is 1. The summed E-state index contributed by atoms with van der Waals surface area (Å²) in [5.74, 6) is -0.148. The predicted molar refractivity (Wildman–Crippen MR) is 108 cm³/mol. The van der Waals surface area contributed by atoms with E-state index in [2.05, 4.69) is 21.2 Å². The van der Waals surface area contributed by atoms with Crippen LogP contribution in [0.5, 0.6) is 0 Å². The molecule has 0 radical (unpaired) electrons. The van der Waals surface area contributed by atoms with Gasteiger partial charge in [-0.2, -0.15) is 0 Å². The molecular weight excluding hydrogens is 392 g/mol. The van der Waals surface area contributed by atoms with Crippen molar-refractivity contribution < 1.29 is 9.59 Å². The molecule has 138 valence electrons. The molecule has 0 aliphatic carbocycles. The first-order chi connectivity index (χ1) is 12.5. The monoisotopic (exact) mass is 416 g/mol. The number of amides is 2. The number of hydrogen-bond acceptors (Lipinski definition) is 2. The van der Waals surface area contributed by atoms with Crippen molar-refractivity contribution in [3.63, 3.8) is 0 Å². The summed E-state index contributed by atoms with van der Waals surface area (Å²) in [5.41, 5.74) is 2.02. The molecule has 0 spiro atoms. The third kappa shape index (κ3) is 5.70. The van der Waals surface area contributed by atoms with Crippen molar-refractivity contribution in [1.82, 2.24) is 10.2 Å². The standard InChI is InChI=1S/C21H25BrN2O2/c1-3-20(25)24(15-17-11-8-12-18(22)13-17)19(21(26)23-4-2)14-16-9-6-5-7-10-16/h5-13,19H,3-4,14-15H2,1-2H3,(H,23,26)/t19-/m0/s1. The van der Waals surface area contributed by atoms with Crippen LogP contribution in [0, 0.1) is 0 Å². The first kappa shape index (κ1) is 20.2. The van der Waals surface area contributed by atoms with Crippen molar-refractivity contribution in [1.29, 1.82) is 0 Å². The Labute approximate surface area is 163 Å². The van der Waals surface area contributed by atoms with E-state index in [9.17, 15) is 9.59 Å². The molecule has 0 heterocycles. The van der Waals surface area contributed by atoms with Gasteiger partial charge in [-0.3, -0.25) is 9.59 Å². The Morgan fingerprint density at radius 3 is 2.35 bits per heavy atom. The summed E-state index contributed by atoms with van der Waals surface area (Å²) in [6.45, 7) is 4.65. The largest absolute Gasteiger partial charge is 0.355 e. The Morgan fingerprint density at radius 2 is 1.73 bits per heavy atom. The predicted octanol–water partition coefficient (Wildman–Crippen LogP) is 3.94. The zero-order chi connectivity index (χ0) is 18.9. The quantitative estimate of drug-likeness (QED) is 0.708. The van der Waals surface area contributed by atoms with Crippen LogP contribution in [0.25, 0.3) is 0 Å². The van der Waals surface area contributed by atoms with Crippen molar-refractivity contribution in [2.24, 2.45) is 0 Å². The van der Waals surface area contributed by atoms with Crippen LogP contribution in [0.3, 0.4) is 0 Å². The number of rotatable bonds is 8. The summed E-state index contributed by atoms with van der Waals surface area (Å²) in [7, 11) is 0. The molecule has 0 aliphatic rings. The summed E-state index contributed by atoms with van der Waals surface area (Å²) >= 11 is 3.47. The van der Waals surface area contributed by atoms with E-state index < -0.39 is 6.04 Å². The first-order valence-electron chi connectivity index (χ1n) is 8.90. The van der Waals surface area contributed by atoms with Gasteiger partial charge in [0.05, 0.1) is 0 Å². The molecule has 0 saturated carbocycles. The molecule has 0 unspecified atom stereocenters. The van der Waals surface area contributed by atoms with Crippen LogP contribution in [-0.4, -0.2) is 29.3 Å². The van der Waals surface area contributed by atoms with Crippen molar-refractivity contribution in [3.8, 4) is 0 Å². The minimum Gasteiger partial charge on any atom is -0.355 e. The lowest BCUT2D eigenvalue weighted by atomic mass is 10.0. The molecule has 2 rings (SSSR count). The average molecular weight is 417 g/mol. The topological polar surface area (TPSA) is 49.4 Å². The number of likely N-dealkylation sites (N-methyl/N-ethyl adjacent to an activating group) is 1. The van der Waals surface area contributed by atoms with Gasteiger partial charge in [-0.15, -0.1) is 0 Å². The zero-order valence-electron chi connectivity index (χ0n) is 15.2. The van der Waals surface area contributed by atoms with E-state index >= 15 is 0 Å². The molecule has 2 aromatic rings. The fourth-order valence-corrected chi connectivity index (χ4v) is 3.33. The molecule has 1 N–H and O–H groups in total. The second-order valence-electron chi connectivity index (χ2n) is 6.11. The smallest absolute Gasteiger partial charge is 0.243 e. The van der Waals surface area contributed by atoms with E-state index in [-0.39, 0.29) is 11.8 Å². The highest BCUT2D eigenvalue weighted by molar-refractivity contribution is 9.10. The Kier molecular flexibility index (Phi) is 7.85. The Hall–Kier alpha value is -2.14. The summed E-state index contributed by atoms with van der Waals surface area (Å²) < 4.78 is 0.955. The summed E-state index contributed by atoms with van der Waals surface area (Å²) in [6, 6.07) is 17.1. The summed E-state index contributed by atoms with van der Waals surface area (Å²) in [6.07, 6.45) is 0.852. The number of carbonyl (C=O) groups is 2. The number of hydrogen-bond donors (Lipinski definition) is 1. The SMILES string of the molecule is CCNC(=O)[C@H](Cc1ccccc1)N(Cc1cccc(Br)c1)C(=O)CC. The maximum Gasteiger partial charge on any atom is 0.243 e. The molecular formula is C21H25BrN2O2. The molecule has 0 aromatic heterocycles. The highest BCUT2D eigenvalue weighted by atomic mass is 79.9. The minimum absolute atomic E-state index is 0.0304. The molecule has 5 heteroatoms. The maximum atomic E-state index is 12.8. The molecule has 2 aromatic carbocycles. The van der Waals surface area contributed by atoms with Crippen LogP contribution < -0.4 is 5.32 Å². The second-order valence-corrected chi connectivity index (χ2v) is 7.02. The van der Waals surface area contributed by atoms with Crippen molar-refractivity contribution in [3.05, 3.63) is 70.2 Å². The van der Waals surface area contributed by atoms with Gasteiger partial charge in [-0.1, -0.05) is 65.3 Å². The normalized spacial score (nSPS) is 11.7. The van der Waals surface area contributed by atoms with E-state index in [0.717, 1.165) is 15.6 Å². The van der Waals surface area contributed by atoms with Gasteiger partial charge < -0.3 is 10.2 Å². The molecule has 4 nitrogen and oxygen atoms in total. The van der Waals surface area contributed by atoms with Crippen molar-refractivity contribution in [2.45, 2.75) is 39.3 Å². The van der Waals surface area contributed by atoms with Gasteiger partial charge in [-0.05, 0) is 30.2 Å². The summed E-state index contributed by atoms with van der Waals surface area (Å²) in [5, 5.41) is 2.88. The molecule has 0 fully saturated rings. The lowest BCUT2D eigenvalue weighted by Crippen LogP contribution is -2.50. The third-order valence-corrected chi connectivity index (χ3v) is 4.66. The van der Waals surface area contributed by atoms with Gasteiger partial charge >= 0.3 is 0 Å². The van der Waals surface area contributed by atoms with Gasteiger partial charge in [0.1, 0.15) is 6.04 Å². The molecule has 0 bridgehead atoms. The van der Waals surface area contributed by atoms with E-state index in [1.165, 1.54) is 0 Å². The molecule has 2 amide bonds. The zero-order valence-corrected chi connectivity index (χ0v) is 16.8. The van der Waals surface area contributed by atoms with Gasteiger partial charge in [0.25, 0.3) is 0 Å². The van der Waals surface area contributed by atoms with Crippen LogP contribution in [0.4, 0.5) is 0 Å². The molecule has 0 aliphatic heterocycles. The number of nitrogens with zero attached hydrogens (tertiary/aromatic N) is 1. The van der Waals surface area contributed by atoms with Crippen LogP contribution in [0.1, 0.15) is 31.4 Å². The van der Waals surface area contributed by atoms with Crippen LogP contribution in [0.2, 0.25) is 0 Å². The Bertz CT molecular complexity index is 734. The fraction of sp³-hybridized carbons (Fsp3) is 0.333. The Balaban J connectivity index is 2.33. The third-order valence-electron chi connectivity index (χ3n) is 4.17. The Morgan fingerprint density at radius 1 is 1.04 bits per heavy atom. The number of halogens is 1. The van der Waals surface area contributed by atoms with E-state index in [4.69, 9.17) is 0 Å². The lowest BCUT2D eigenvalue weighted by Gasteiger charge is -2.31. The maximum absolute atomic E-state index is 12.8. The van der Waals surface area contributed by atoms with Crippen LogP contribution in [-0.2, 0) is 22.6 Å². The highest BCUT2D eigenvalue weighted by Gasteiger charge is 2.29. The van der Waals surface area contributed by atoms with Crippen LogP contribution in [0.15, 0.2) is 59.1 Å². The van der Waals surface area contributed by atoms with Crippen LogP contribution >= 0.6 is 15.9 Å². The number of benzene rings is 2.